The Bertz CT molecular complexity index is 953. The van der Waals surface area contributed by atoms with Crippen LogP contribution in [-0.4, -0.2) is 60.8 Å². The van der Waals surface area contributed by atoms with Gasteiger partial charge in [0, 0.05) is 44.9 Å². The van der Waals surface area contributed by atoms with Crippen molar-refractivity contribution >= 4 is 11.5 Å². The standard InChI is InChI=1S/C24H29FN2O5/c1-31-21-11-18-14-24(25,23(28)20(18)12-22(21)32-2)13-16-6-8-26(9-7-16)15-17-4-3-5-19(10-17)27(29)30/h3-5,10-12,16,21-22H,6-9,13-15H2,1-2H3. The number of hydrogen-bond acceptors (Lipinski definition) is 6. The lowest BCUT2D eigenvalue weighted by molar-refractivity contribution is -0.384. The third-order valence-electron chi connectivity index (χ3n) is 6.88. The number of carbonyl (C=O) groups is 1. The van der Waals surface area contributed by atoms with Gasteiger partial charge in [0.2, 0.25) is 0 Å². The molecule has 1 saturated carbocycles. The molecule has 0 amide bonds. The fourth-order valence-corrected chi connectivity index (χ4v) is 5.15. The highest BCUT2D eigenvalue weighted by molar-refractivity contribution is 6.09. The molecule has 1 aromatic rings. The molecule has 8 heteroatoms. The Labute approximate surface area is 187 Å². The number of nitro groups is 1. The number of likely N-dealkylation sites (tertiary alicyclic amines) is 1. The van der Waals surface area contributed by atoms with Crippen LogP contribution in [0.3, 0.4) is 0 Å². The Balaban J connectivity index is 1.36. The van der Waals surface area contributed by atoms with Crippen molar-refractivity contribution in [1.82, 2.24) is 4.90 Å². The van der Waals surface area contributed by atoms with Gasteiger partial charge in [0.1, 0.15) is 12.2 Å². The summed E-state index contributed by atoms with van der Waals surface area (Å²) in [6.07, 6.45) is 4.75. The summed E-state index contributed by atoms with van der Waals surface area (Å²) in [6.45, 7) is 2.19. The number of fused-ring (bicyclic) bond motifs is 1. The number of ketones is 1. The van der Waals surface area contributed by atoms with Crippen molar-refractivity contribution in [1.29, 1.82) is 0 Å². The van der Waals surface area contributed by atoms with Gasteiger partial charge in [0.05, 0.1) is 4.92 Å². The van der Waals surface area contributed by atoms with Gasteiger partial charge >= 0.3 is 0 Å². The molecule has 3 aliphatic rings. The second kappa shape index (κ2) is 9.21. The number of alkyl halides is 1. The van der Waals surface area contributed by atoms with E-state index in [2.05, 4.69) is 4.90 Å². The fraction of sp³-hybridized carbons (Fsp3) is 0.542. The number of allylic oxidation sites excluding steroid dienone is 2. The lowest BCUT2D eigenvalue weighted by Gasteiger charge is -2.34. The number of Topliss-reactive ketones (excluding diaryl/α,β-unsaturated/α-hetero) is 1. The van der Waals surface area contributed by atoms with Crippen LogP contribution in [0, 0.1) is 16.0 Å². The van der Waals surface area contributed by atoms with Crippen LogP contribution < -0.4 is 0 Å². The molecule has 32 heavy (non-hydrogen) atoms. The number of halogens is 1. The third kappa shape index (κ3) is 4.53. The fourth-order valence-electron chi connectivity index (χ4n) is 5.15. The molecular formula is C24H29FN2O5. The Kier molecular flexibility index (Phi) is 6.55. The van der Waals surface area contributed by atoms with Crippen LogP contribution in [0.15, 0.2) is 47.6 Å². The van der Waals surface area contributed by atoms with Crippen molar-refractivity contribution in [3.05, 3.63) is 63.2 Å². The molecule has 0 spiro atoms. The van der Waals surface area contributed by atoms with E-state index in [9.17, 15) is 14.9 Å². The largest absolute Gasteiger partial charge is 0.374 e. The lowest BCUT2D eigenvalue weighted by Crippen LogP contribution is -2.38. The van der Waals surface area contributed by atoms with E-state index in [0.717, 1.165) is 37.1 Å². The van der Waals surface area contributed by atoms with Gasteiger partial charge in [-0.15, -0.1) is 0 Å². The van der Waals surface area contributed by atoms with Crippen molar-refractivity contribution in [2.45, 2.75) is 50.1 Å². The molecule has 3 unspecified atom stereocenters. The van der Waals surface area contributed by atoms with Gasteiger partial charge in [0.25, 0.3) is 5.69 Å². The number of non-ortho nitro benzene ring substituents is 1. The predicted molar refractivity (Wildman–Crippen MR) is 117 cm³/mol. The lowest BCUT2D eigenvalue weighted by atomic mass is 9.84. The summed E-state index contributed by atoms with van der Waals surface area (Å²) in [7, 11) is 3.13. The maximum absolute atomic E-state index is 15.8. The molecule has 172 valence electrons. The van der Waals surface area contributed by atoms with E-state index in [1.165, 1.54) is 6.07 Å². The van der Waals surface area contributed by atoms with Crippen molar-refractivity contribution in [3.8, 4) is 0 Å². The quantitative estimate of drug-likeness (QED) is 0.470. The normalized spacial score (nSPS) is 28.9. The molecule has 0 N–H and O–H groups in total. The molecule has 0 bridgehead atoms. The van der Waals surface area contributed by atoms with Crippen LogP contribution in [0.2, 0.25) is 0 Å². The first-order valence-electron chi connectivity index (χ1n) is 11.0. The van der Waals surface area contributed by atoms with Gasteiger partial charge in [0.15, 0.2) is 11.5 Å². The molecule has 7 nitrogen and oxygen atoms in total. The zero-order chi connectivity index (χ0) is 22.9. The Morgan fingerprint density at radius 3 is 2.53 bits per heavy atom. The molecule has 1 aliphatic heterocycles. The van der Waals surface area contributed by atoms with Crippen LogP contribution in [0.25, 0.3) is 0 Å². The topological polar surface area (TPSA) is 81.9 Å². The van der Waals surface area contributed by atoms with E-state index in [-0.39, 0.29) is 41.6 Å². The summed E-state index contributed by atoms with van der Waals surface area (Å²) in [4.78, 5) is 25.8. The van der Waals surface area contributed by atoms with E-state index in [1.54, 1.807) is 32.4 Å². The van der Waals surface area contributed by atoms with Crippen LogP contribution in [0.1, 0.15) is 31.2 Å². The van der Waals surface area contributed by atoms with E-state index in [1.807, 2.05) is 12.1 Å². The zero-order valence-electron chi connectivity index (χ0n) is 18.5. The molecule has 0 aromatic heterocycles. The molecule has 1 aromatic carbocycles. The number of nitrogens with zero attached hydrogens (tertiary/aromatic N) is 2. The molecule has 1 saturated heterocycles. The average Bonchev–Trinajstić information content (AvgIpc) is 3.03. The Morgan fingerprint density at radius 1 is 1.19 bits per heavy atom. The average molecular weight is 445 g/mol. The van der Waals surface area contributed by atoms with Crippen molar-refractivity contribution in [3.63, 3.8) is 0 Å². The molecule has 4 rings (SSSR count). The summed E-state index contributed by atoms with van der Waals surface area (Å²) in [5.41, 5.74) is 0.282. The Morgan fingerprint density at radius 2 is 1.88 bits per heavy atom. The monoisotopic (exact) mass is 444 g/mol. The summed E-state index contributed by atoms with van der Waals surface area (Å²) in [5, 5.41) is 11.0. The number of ether oxygens (including phenoxy) is 2. The van der Waals surface area contributed by atoms with Crippen molar-refractivity contribution in [2.75, 3.05) is 27.3 Å². The SMILES string of the molecule is COC1C=C2CC(F)(CC3CCN(Cc4cccc([N+](=O)[O-])c4)CC3)C(=O)C2=CC1OC. The molecule has 0 radical (unpaired) electrons. The number of nitro benzene ring substituents is 1. The first kappa shape index (κ1) is 22.8. The van der Waals surface area contributed by atoms with Gasteiger partial charge < -0.3 is 9.47 Å². The third-order valence-corrected chi connectivity index (χ3v) is 6.88. The summed E-state index contributed by atoms with van der Waals surface area (Å²) in [6, 6.07) is 6.67. The first-order valence-corrected chi connectivity index (χ1v) is 11.0. The molecule has 1 heterocycles. The second-order valence-electron chi connectivity index (χ2n) is 8.99. The molecule has 3 atom stereocenters. The summed E-state index contributed by atoms with van der Waals surface area (Å²) >= 11 is 0. The number of piperidine rings is 1. The minimum Gasteiger partial charge on any atom is -0.374 e. The van der Waals surface area contributed by atoms with E-state index in [0.29, 0.717) is 12.1 Å². The second-order valence-corrected chi connectivity index (χ2v) is 8.99. The summed E-state index contributed by atoms with van der Waals surface area (Å²) in [5.74, 6) is -0.303. The number of carbonyl (C=O) groups excluding carboxylic acids is 1. The minimum atomic E-state index is -1.87. The molecule has 2 fully saturated rings. The number of hydrogen-bond donors (Lipinski definition) is 0. The highest BCUT2D eigenvalue weighted by Gasteiger charge is 2.51. The Hall–Kier alpha value is -2.42. The van der Waals surface area contributed by atoms with Crippen molar-refractivity contribution in [2.24, 2.45) is 5.92 Å². The van der Waals surface area contributed by atoms with Crippen LogP contribution >= 0.6 is 0 Å². The van der Waals surface area contributed by atoms with Crippen LogP contribution in [0.5, 0.6) is 0 Å². The van der Waals surface area contributed by atoms with Gasteiger partial charge in [-0.1, -0.05) is 12.1 Å². The molecular weight excluding hydrogens is 415 g/mol. The maximum Gasteiger partial charge on any atom is 0.269 e. The van der Waals surface area contributed by atoms with Crippen LogP contribution in [0.4, 0.5) is 10.1 Å². The summed E-state index contributed by atoms with van der Waals surface area (Å²) < 4.78 is 26.6. The van der Waals surface area contributed by atoms with E-state index >= 15 is 4.39 Å². The highest BCUT2D eigenvalue weighted by Crippen LogP contribution is 2.45. The number of rotatable bonds is 7. The van der Waals surface area contributed by atoms with Gasteiger partial charge in [-0.2, -0.15) is 0 Å². The molecule has 2 aliphatic carbocycles. The van der Waals surface area contributed by atoms with Gasteiger partial charge in [-0.05, 0) is 61.6 Å². The van der Waals surface area contributed by atoms with Gasteiger partial charge in [-0.25, -0.2) is 4.39 Å². The maximum atomic E-state index is 15.8. The van der Waals surface area contributed by atoms with Gasteiger partial charge in [-0.3, -0.25) is 19.8 Å². The van der Waals surface area contributed by atoms with Crippen LogP contribution in [-0.2, 0) is 20.8 Å². The number of methoxy groups -OCH3 is 2. The predicted octanol–water partition coefficient (Wildman–Crippen LogP) is 3.77. The zero-order valence-corrected chi connectivity index (χ0v) is 18.5. The minimum absolute atomic E-state index is 0.0907. The smallest absolute Gasteiger partial charge is 0.269 e. The van der Waals surface area contributed by atoms with E-state index < -0.39 is 11.5 Å². The highest BCUT2D eigenvalue weighted by atomic mass is 19.1. The number of benzene rings is 1. The van der Waals surface area contributed by atoms with Crippen molar-refractivity contribution < 1.29 is 23.6 Å². The van der Waals surface area contributed by atoms with E-state index in [4.69, 9.17) is 9.47 Å². The first-order chi connectivity index (χ1) is 15.3.